The molecular formula is C15H15FN2S. The van der Waals surface area contributed by atoms with Crippen molar-refractivity contribution in [1.29, 1.82) is 0 Å². The molecule has 2 aromatic carbocycles. The van der Waals surface area contributed by atoms with Crippen LogP contribution in [0.2, 0.25) is 0 Å². The van der Waals surface area contributed by atoms with Crippen LogP contribution in [0, 0.1) is 19.7 Å². The minimum Gasteiger partial charge on any atom is -0.389 e. The molecule has 98 valence electrons. The third-order valence-electron chi connectivity index (χ3n) is 2.90. The van der Waals surface area contributed by atoms with Crippen LogP contribution in [0.5, 0.6) is 0 Å². The van der Waals surface area contributed by atoms with Crippen LogP contribution in [0.4, 0.5) is 15.8 Å². The second-order valence-corrected chi connectivity index (χ2v) is 4.94. The van der Waals surface area contributed by atoms with Gasteiger partial charge < -0.3 is 11.1 Å². The van der Waals surface area contributed by atoms with Gasteiger partial charge in [-0.1, -0.05) is 29.9 Å². The third-order valence-corrected chi connectivity index (χ3v) is 3.12. The van der Waals surface area contributed by atoms with Crippen LogP contribution in [0.25, 0.3) is 0 Å². The Hall–Kier alpha value is -1.94. The van der Waals surface area contributed by atoms with E-state index >= 15 is 0 Å². The van der Waals surface area contributed by atoms with Gasteiger partial charge in [0.15, 0.2) is 0 Å². The molecule has 0 radical (unpaired) electrons. The monoisotopic (exact) mass is 274 g/mol. The third kappa shape index (κ3) is 3.09. The zero-order valence-corrected chi connectivity index (χ0v) is 11.6. The molecule has 2 nitrogen and oxygen atoms in total. The molecule has 0 heterocycles. The van der Waals surface area contributed by atoms with Crippen LogP contribution < -0.4 is 11.1 Å². The first-order valence-electron chi connectivity index (χ1n) is 5.91. The molecule has 0 unspecified atom stereocenters. The zero-order valence-electron chi connectivity index (χ0n) is 10.8. The second-order valence-electron chi connectivity index (χ2n) is 4.50. The van der Waals surface area contributed by atoms with Gasteiger partial charge in [-0.15, -0.1) is 0 Å². The van der Waals surface area contributed by atoms with Gasteiger partial charge in [0.25, 0.3) is 0 Å². The number of nitrogens with one attached hydrogen (secondary N) is 1. The average molecular weight is 274 g/mol. The van der Waals surface area contributed by atoms with Crippen molar-refractivity contribution in [2.24, 2.45) is 5.73 Å². The van der Waals surface area contributed by atoms with E-state index in [-0.39, 0.29) is 10.6 Å². The van der Waals surface area contributed by atoms with Gasteiger partial charge in [-0.3, -0.25) is 0 Å². The number of rotatable bonds is 3. The maximum atomic E-state index is 13.8. The van der Waals surface area contributed by atoms with E-state index in [2.05, 4.69) is 11.4 Å². The SMILES string of the molecule is Cc1ccc(Nc2ccc(C(N)=S)c(F)c2)c(C)c1. The average Bonchev–Trinajstić information content (AvgIpc) is 2.32. The topological polar surface area (TPSA) is 38.0 Å². The van der Waals surface area contributed by atoms with Crippen LogP contribution in [-0.4, -0.2) is 4.99 Å². The Labute approximate surface area is 117 Å². The number of hydrogen-bond donors (Lipinski definition) is 2. The highest BCUT2D eigenvalue weighted by atomic mass is 32.1. The fraction of sp³-hybridized carbons (Fsp3) is 0.133. The highest BCUT2D eigenvalue weighted by Crippen LogP contribution is 2.23. The van der Waals surface area contributed by atoms with Gasteiger partial charge >= 0.3 is 0 Å². The van der Waals surface area contributed by atoms with Crippen molar-refractivity contribution in [2.45, 2.75) is 13.8 Å². The number of aryl methyl sites for hydroxylation is 2. The van der Waals surface area contributed by atoms with E-state index in [0.717, 1.165) is 11.3 Å². The molecule has 0 saturated heterocycles. The van der Waals surface area contributed by atoms with E-state index in [0.29, 0.717) is 5.69 Å². The van der Waals surface area contributed by atoms with Gasteiger partial charge in [-0.25, -0.2) is 4.39 Å². The standard InChI is InChI=1S/C15H15FN2S/c1-9-3-6-14(10(2)7-9)18-11-4-5-12(15(17)19)13(16)8-11/h3-8,18H,1-2H3,(H2,17,19). The van der Waals surface area contributed by atoms with Crippen LogP contribution >= 0.6 is 12.2 Å². The first-order valence-corrected chi connectivity index (χ1v) is 6.32. The normalized spacial score (nSPS) is 10.3. The quantitative estimate of drug-likeness (QED) is 0.836. The fourth-order valence-corrected chi connectivity index (χ4v) is 2.07. The molecule has 0 atom stereocenters. The molecule has 2 aromatic rings. The van der Waals surface area contributed by atoms with Crippen LogP contribution in [-0.2, 0) is 0 Å². The van der Waals surface area contributed by atoms with Crippen molar-refractivity contribution in [3.63, 3.8) is 0 Å². The van der Waals surface area contributed by atoms with Crippen LogP contribution in [0.1, 0.15) is 16.7 Å². The second kappa shape index (κ2) is 5.36. The molecule has 19 heavy (non-hydrogen) atoms. The number of halogens is 1. The molecular weight excluding hydrogens is 259 g/mol. The molecule has 3 N–H and O–H groups in total. The van der Waals surface area contributed by atoms with Crippen molar-refractivity contribution >= 4 is 28.6 Å². The maximum Gasteiger partial charge on any atom is 0.135 e. The number of nitrogens with two attached hydrogens (primary N) is 1. The summed E-state index contributed by atoms with van der Waals surface area (Å²) < 4.78 is 13.8. The highest BCUT2D eigenvalue weighted by Gasteiger charge is 2.06. The Kier molecular flexibility index (Phi) is 3.81. The number of anilines is 2. The summed E-state index contributed by atoms with van der Waals surface area (Å²) in [6, 6.07) is 10.8. The van der Waals surface area contributed by atoms with Gasteiger partial charge in [-0.2, -0.15) is 0 Å². The summed E-state index contributed by atoms with van der Waals surface area (Å²) in [5, 5.41) is 3.18. The maximum absolute atomic E-state index is 13.8. The van der Waals surface area contributed by atoms with Crippen molar-refractivity contribution in [3.8, 4) is 0 Å². The first kappa shape index (κ1) is 13.5. The van der Waals surface area contributed by atoms with Crippen molar-refractivity contribution in [1.82, 2.24) is 0 Å². The van der Waals surface area contributed by atoms with E-state index in [1.165, 1.54) is 11.6 Å². The van der Waals surface area contributed by atoms with E-state index in [4.69, 9.17) is 18.0 Å². The predicted octanol–water partition coefficient (Wildman–Crippen LogP) is 3.82. The highest BCUT2D eigenvalue weighted by molar-refractivity contribution is 7.80. The summed E-state index contributed by atoms with van der Waals surface area (Å²) >= 11 is 4.78. The Morgan fingerprint density at radius 1 is 1.16 bits per heavy atom. The van der Waals surface area contributed by atoms with E-state index in [9.17, 15) is 4.39 Å². The lowest BCUT2D eigenvalue weighted by Gasteiger charge is -2.11. The molecule has 0 spiro atoms. The smallest absolute Gasteiger partial charge is 0.135 e. The lowest BCUT2D eigenvalue weighted by Crippen LogP contribution is -2.11. The molecule has 0 saturated carbocycles. The number of hydrogen-bond acceptors (Lipinski definition) is 2. The van der Waals surface area contributed by atoms with Gasteiger partial charge in [0, 0.05) is 16.9 Å². The Morgan fingerprint density at radius 2 is 1.89 bits per heavy atom. The minimum absolute atomic E-state index is 0.0653. The van der Waals surface area contributed by atoms with Gasteiger partial charge in [0.2, 0.25) is 0 Å². The fourth-order valence-electron chi connectivity index (χ4n) is 1.90. The summed E-state index contributed by atoms with van der Waals surface area (Å²) in [5.41, 5.74) is 9.62. The lowest BCUT2D eigenvalue weighted by molar-refractivity contribution is 0.626. The molecule has 2 rings (SSSR count). The van der Waals surface area contributed by atoms with Crippen LogP contribution in [0.3, 0.4) is 0 Å². The molecule has 0 bridgehead atoms. The lowest BCUT2D eigenvalue weighted by atomic mass is 10.1. The summed E-state index contributed by atoms with van der Waals surface area (Å²) in [7, 11) is 0. The molecule has 0 amide bonds. The first-order chi connectivity index (χ1) is 8.97. The van der Waals surface area contributed by atoms with E-state index < -0.39 is 5.82 Å². The molecule has 0 aliphatic rings. The minimum atomic E-state index is -0.415. The molecule has 0 aliphatic carbocycles. The Bertz CT molecular complexity index is 638. The van der Waals surface area contributed by atoms with E-state index in [1.54, 1.807) is 12.1 Å². The van der Waals surface area contributed by atoms with E-state index in [1.807, 2.05) is 26.0 Å². The summed E-state index contributed by atoms with van der Waals surface area (Å²) in [4.78, 5) is 0.0653. The molecule has 0 fully saturated rings. The van der Waals surface area contributed by atoms with Crippen molar-refractivity contribution < 1.29 is 4.39 Å². The van der Waals surface area contributed by atoms with Crippen LogP contribution in [0.15, 0.2) is 36.4 Å². The van der Waals surface area contributed by atoms with Crippen molar-refractivity contribution in [3.05, 3.63) is 58.9 Å². The predicted molar refractivity (Wildman–Crippen MR) is 81.5 cm³/mol. The number of benzene rings is 2. The van der Waals surface area contributed by atoms with Gasteiger partial charge in [0.1, 0.15) is 10.8 Å². The molecule has 0 aliphatic heterocycles. The number of thiocarbonyl (C=S) groups is 1. The molecule has 4 heteroatoms. The summed E-state index contributed by atoms with van der Waals surface area (Å²) in [5.74, 6) is -0.415. The molecule has 0 aromatic heterocycles. The Morgan fingerprint density at radius 3 is 2.47 bits per heavy atom. The zero-order chi connectivity index (χ0) is 14.0. The Balaban J connectivity index is 2.29. The van der Waals surface area contributed by atoms with Gasteiger partial charge in [0.05, 0.1) is 0 Å². The largest absolute Gasteiger partial charge is 0.389 e. The van der Waals surface area contributed by atoms with Crippen molar-refractivity contribution in [2.75, 3.05) is 5.32 Å². The summed E-state index contributed by atoms with van der Waals surface area (Å²) in [6.45, 7) is 4.04. The summed E-state index contributed by atoms with van der Waals surface area (Å²) in [6.07, 6.45) is 0. The van der Waals surface area contributed by atoms with Gasteiger partial charge in [-0.05, 0) is 43.7 Å².